The lowest BCUT2D eigenvalue weighted by Gasteiger charge is -2.28. The van der Waals surface area contributed by atoms with E-state index < -0.39 is 0 Å². The molecule has 2 heterocycles. The number of nitrogens with one attached hydrogen (secondary N) is 2. The average Bonchev–Trinajstić information content (AvgIpc) is 2.90. The number of aromatic nitrogens is 2. The number of carbonyl (C=O) groups is 1. The normalized spacial score (nSPS) is 16.2. The summed E-state index contributed by atoms with van der Waals surface area (Å²) in [6.45, 7) is 5.08. The molecule has 0 saturated carbocycles. The quantitative estimate of drug-likeness (QED) is 0.752. The minimum atomic E-state index is 0.257. The summed E-state index contributed by atoms with van der Waals surface area (Å²) in [6.07, 6.45) is 2.33. The number of rotatable bonds is 5. The molecule has 1 aliphatic rings. The Hall–Kier alpha value is -1.40. The molecule has 0 atom stereocenters. The maximum Gasteiger partial charge on any atom is 0.223 e. The number of nitrogens with zero attached hydrogens (tertiary/aromatic N) is 3. The van der Waals surface area contributed by atoms with E-state index in [1.54, 1.807) is 6.20 Å². The first-order valence-corrected chi connectivity index (χ1v) is 6.41. The van der Waals surface area contributed by atoms with Gasteiger partial charge < -0.3 is 15.1 Å². The van der Waals surface area contributed by atoms with Gasteiger partial charge in [0.1, 0.15) is 0 Å². The summed E-state index contributed by atoms with van der Waals surface area (Å²) in [7, 11) is 2.02. The van der Waals surface area contributed by atoms with Crippen molar-refractivity contribution >= 4 is 5.91 Å². The molecule has 0 unspecified atom stereocenters. The monoisotopic (exact) mass is 251 g/mol. The molecular formula is C12H21N5O. The van der Waals surface area contributed by atoms with Gasteiger partial charge in [-0.05, 0) is 13.1 Å². The van der Waals surface area contributed by atoms with Gasteiger partial charge >= 0.3 is 0 Å². The fourth-order valence-corrected chi connectivity index (χ4v) is 2.10. The first-order chi connectivity index (χ1) is 8.75. The molecule has 0 bridgehead atoms. The molecule has 2 N–H and O–H groups in total. The number of piperazine rings is 1. The third kappa shape index (κ3) is 3.82. The van der Waals surface area contributed by atoms with Crippen molar-refractivity contribution in [3.8, 4) is 0 Å². The zero-order chi connectivity index (χ0) is 12.8. The fraction of sp³-hybridized carbons (Fsp3) is 0.667. The molecule has 2 rings (SSSR count). The van der Waals surface area contributed by atoms with Crippen LogP contribution in [0.1, 0.15) is 12.1 Å². The lowest BCUT2D eigenvalue weighted by atomic mass is 10.3. The van der Waals surface area contributed by atoms with Gasteiger partial charge in [-0.15, -0.1) is 0 Å². The molecule has 6 nitrogen and oxygen atoms in total. The van der Waals surface area contributed by atoms with Crippen molar-refractivity contribution in [2.45, 2.75) is 13.0 Å². The molecule has 1 aliphatic heterocycles. The Kier molecular flexibility index (Phi) is 4.72. The summed E-state index contributed by atoms with van der Waals surface area (Å²) in [5, 5.41) is 10.1. The highest BCUT2D eigenvalue weighted by molar-refractivity contribution is 5.76. The van der Waals surface area contributed by atoms with Gasteiger partial charge in [-0.3, -0.25) is 9.89 Å². The Balaban J connectivity index is 1.68. The Labute approximate surface area is 107 Å². The van der Waals surface area contributed by atoms with Crippen LogP contribution in [0.3, 0.4) is 0 Å². The van der Waals surface area contributed by atoms with Crippen molar-refractivity contribution in [3.05, 3.63) is 18.0 Å². The summed E-state index contributed by atoms with van der Waals surface area (Å²) in [5.41, 5.74) is 1.08. The number of amides is 1. The molecule has 1 aromatic rings. The van der Waals surface area contributed by atoms with Crippen LogP contribution < -0.4 is 5.32 Å². The maximum atomic E-state index is 12.0. The third-order valence-corrected chi connectivity index (χ3v) is 3.18. The summed E-state index contributed by atoms with van der Waals surface area (Å²) >= 11 is 0. The van der Waals surface area contributed by atoms with Crippen molar-refractivity contribution in [2.75, 3.05) is 39.8 Å². The Bertz CT molecular complexity index is 359. The van der Waals surface area contributed by atoms with E-state index >= 15 is 0 Å². The van der Waals surface area contributed by atoms with Gasteiger partial charge in [-0.25, -0.2) is 0 Å². The van der Waals surface area contributed by atoms with Gasteiger partial charge in [0, 0.05) is 57.6 Å². The smallest absolute Gasteiger partial charge is 0.223 e. The highest BCUT2D eigenvalue weighted by Crippen LogP contribution is 2.01. The molecule has 0 spiro atoms. The van der Waals surface area contributed by atoms with Crippen molar-refractivity contribution in [1.29, 1.82) is 0 Å². The Morgan fingerprint density at radius 3 is 2.94 bits per heavy atom. The zero-order valence-electron chi connectivity index (χ0n) is 10.9. The van der Waals surface area contributed by atoms with Crippen molar-refractivity contribution < 1.29 is 4.79 Å². The molecule has 1 amide bonds. The van der Waals surface area contributed by atoms with E-state index in [0.29, 0.717) is 6.42 Å². The Morgan fingerprint density at radius 2 is 2.28 bits per heavy atom. The van der Waals surface area contributed by atoms with E-state index in [9.17, 15) is 4.79 Å². The SMILES string of the molecule is CN(CCC(=O)N1CCNCC1)Cc1ccn[nH]1. The summed E-state index contributed by atoms with van der Waals surface area (Å²) in [4.78, 5) is 16.0. The minimum Gasteiger partial charge on any atom is -0.340 e. The van der Waals surface area contributed by atoms with Gasteiger partial charge in [-0.2, -0.15) is 5.10 Å². The second-order valence-electron chi connectivity index (χ2n) is 4.70. The maximum absolute atomic E-state index is 12.0. The Morgan fingerprint density at radius 1 is 1.50 bits per heavy atom. The average molecular weight is 251 g/mol. The van der Waals surface area contributed by atoms with E-state index in [0.717, 1.165) is 45.0 Å². The molecule has 0 aromatic carbocycles. The summed E-state index contributed by atoms with van der Waals surface area (Å²) in [5.74, 6) is 0.257. The van der Waals surface area contributed by atoms with Crippen LogP contribution in [-0.2, 0) is 11.3 Å². The summed E-state index contributed by atoms with van der Waals surface area (Å²) < 4.78 is 0. The van der Waals surface area contributed by atoms with Crippen LogP contribution in [0.25, 0.3) is 0 Å². The molecule has 0 radical (unpaired) electrons. The first-order valence-electron chi connectivity index (χ1n) is 6.41. The van der Waals surface area contributed by atoms with Crippen LogP contribution in [0, 0.1) is 0 Å². The molecule has 1 saturated heterocycles. The number of H-pyrrole nitrogens is 1. The van der Waals surface area contributed by atoms with E-state index in [4.69, 9.17) is 0 Å². The number of carbonyl (C=O) groups excluding carboxylic acids is 1. The molecule has 1 aromatic heterocycles. The highest BCUT2D eigenvalue weighted by atomic mass is 16.2. The largest absolute Gasteiger partial charge is 0.340 e. The number of hydrogen-bond acceptors (Lipinski definition) is 4. The molecule has 100 valence electrons. The predicted molar refractivity (Wildman–Crippen MR) is 69.0 cm³/mol. The molecule has 1 fully saturated rings. The van der Waals surface area contributed by atoms with Gasteiger partial charge in [0.25, 0.3) is 0 Å². The van der Waals surface area contributed by atoms with E-state index in [1.165, 1.54) is 0 Å². The van der Waals surface area contributed by atoms with Crippen LogP contribution in [-0.4, -0.2) is 65.7 Å². The zero-order valence-corrected chi connectivity index (χ0v) is 10.9. The van der Waals surface area contributed by atoms with E-state index in [1.807, 2.05) is 18.0 Å². The van der Waals surface area contributed by atoms with E-state index in [-0.39, 0.29) is 5.91 Å². The topological polar surface area (TPSA) is 64.3 Å². The second-order valence-corrected chi connectivity index (χ2v) is 4.70. The van der Waals surface area contributed by atoms with E-state index in [2.05, 4.69) is 20.4 Å². The number of hydrogen-bond donors (Lipinski definition) is 2. The van der Waals surface area contributed by atoms with Crippen molar-refractivity contribution in [3.63, 3.8) is 0 Å². The third-order valence-electron chi connectivity index (χ3n) is 3.18. The van der Waals surface area contributed by atoms with Crippen molar-refractivity contribution in [1.82, 2.24) is 25.3 Å². The van der Waals surface area contributed by atoms with Gasteiger partial charge in [0.2, 0.25) is 5.91 Å². The van der Waals surface area contributed by atoms with Crippen LogP contribution in [0.5, 0.6) is 0 Å². The molecule has 6 heteroatoms. The lowest BCUT2D eigenvalue weighted by molar-refractivity contribution is -0.132. The van der Waals surface area contributed by atoms with Crippen molar-refractivity contribution in [2.24, 2.45) is 0 Å². The van der Waals surface area contributed by atoms with Crippen LogP contribution in [0.4, 0.5) is 0 Å². The van der Waals surface area contributed by atoms with Gasteiger partial charge in [0.15, 0.2) is 0 Å². The number of aromatic amines is 1. The second kappa shape index (κ2) is 6.51. The van der Waals surface area contributed by atoms with Gasteiger partial charge in [0.05, 0.1) is 0 Å². The van der Waals surface area contributed by atoms with Gasteiger partial charge in [-0.1, -0.05) is 0 Å². The lowest BCUT2D eigenvalue weighted by Crippen LogP contribution is -2.47. The highest BCUT2D eigenvalue weighted by Gasteiger charge is 2.16. The predicted octanol–water partition coefficient (Wildman–Crippen LogP) is -0.337. The summed E-state index contributed by atoms with van der Waals surface area (Å²) in [6, 6.07) is 1.95. The minimum absolute atomic E-state index is 0.257. The fourth-order valence-electron chi connectivity index (χ4n) is 2.10. The van der Waals surface area contributed by atoms with Crippen LogP contribution >= 0.6 is 0 Å². The molecule has 0 aliphatic carbocycles. The van der Waals surface area contributed by atoms with Crippen LogP contribution in [0.15, 0.2) is 12.3 Å². The molecule has 18 heavy (non-hydrogen) atoms. The first kappa shape index (κ1) is 13.0. The standard InChI is InChI=1S/C12H21N5O/c1-16(10-11-2-4-14-15-11)7-3-12(18)17-8-5-13-6-9-17/h2,4,13H,3,5-10H2,1H3,(H,14,15). The molecular weight excluding hydrogens is 230 g/mol. The van der Waals surface area contributed by atoms with Crippen LogP contribution in [0.2, 0.25) is 0 Å².